The van der Waals surface area contributed by atoms with E-state index in [2.05, 4.69) is 0 Å². The van der Waals surface area contributed by atoms with E-state index in [-0.39, 0.29) is 5.82 Å². The van der Waals surface area contributed by atoms with E-state index in [9.17, 15) is 9.50 Å². The Kier molecular flexibility index (Phi) is 4.50. The third-order valence-electron chi connectivity index (χ3n) is 2.78. The van der Waals surface area contributed by atoms with E-state index in [1.54, 1.807) is 19.9 Å². The van der Waals surface area contributed by atoms with Crippen molar-refractivity contribution in [2.45, 2.75) is 29.7 Å². The van der Waals surface area contributed by atoms with Gasteiger partial charge in [0.05, 0.1) is 6.10 Å². The molecule has 0 saturated carbocycles. The molecule has 4 heteroatoms. The molecule has 2 aromatic carbocycles. The molecule has 0 heterocycles. The number of hydrogen-bond acceptors (Lipinski definition) is 2. The number of benzene rings is 2. The summed E-state index contributed by atoms with van der Waals surface area (Å²) in [5, 5.41) is 10.4. The molecule has 100 valence electrons. The third kappa shape index (κ3) is 3.50. The fourth-order valence-electron chi connectivity index (χ4n) is 1.71. The molecule has 2 rings (SSSR count). The van der Waals surface area contributed by atoms with Crippen molar-refractivity contribution in [1.82, 2.24) is 0 Å². The van der Waals surface area contributed by atoms with E-state index in [0.29, 0.717) is 16.1 Å². The summed E-state index contributed by atoms with van der Waals surface area (Å²) >= 11 is 7.33. The van der Waals surface area contributed by atoms with Crippen LogP contribution in [0.15, 0.2) is 46.2 Å². The summed E-state index contributed by atoms with van der Waals surface area (Å²) in [7, 11) is 0. The fraction of sp³-hybridized carbons (Fsp3) is 0.200. The highest BCUT2D eigenvalue weighted by molar-refractivity contribution is 7.99. The zero-order valence-electron chi connectivity index (χ0n) is 10.7. The normalized spacial score (nSPS) is 12.5. The summed E-state index contributed by atoms with van der Waals surface area (Å²) in [4.78, 5) is 1.86. The molecule has 0 radical (unpaired) electrons. The van der Waals surface area contributed by atoms with Crippen molar-refractivity contribution < 1.29 is 9.50 Å². The highest BCUT2D eigenvalue weighted by Crippen LogP contribution is 2.35. The van der Waals surface area contributed by atoms with Crippen LogP contribution in [0.2, 0.25) is 5.02 Å². The molecule has 0 unspecified atom stereocenters. The molecule has 19 heavy (non-hydrogen) atoms. The van der Waals surface area contributed by atoms with E-state index in [0.717, 1.165) is 9.79 Å². The van der Waals surface area contributed by atoms with Crippen LogP contribution in [0.4, 0.5) is 4.39 Å². The Morgan fingerprint density at radius 3 is 2.42 bits per heavy atom. The summed E-state index contributed by atoms with van der Waals surface area (Å²) in [5.74, 6) is -0.295. The Balaban J connectivity index is 2.38. The van der Waals surface area contributed by atoms with E-state index < -0.39 is 6.10 Å². The third-order valence-corrected chi connectivity index (χ3v) is 4.12. The summed E-state index contributed by atoms with van der Waals surface area (Å²) in [6.07, 6.45) is -0.704. The molecular weight excluding hydrogens is 283 g/mol. The summed E-state index contributed by atoms with van der Waals surface area (Å²) < 4.78 is 13.6. The highest BCUT2D eigenvalue weighted by Gasteiger charge is 2.12. The zero-order chi connectivity index (χ0) is 14.0. The Bertz CT molecular complexity index is 581. The van der Waals surface area contributed by atoms with Crippen molar-refractivity contribution in [2.24, 2.45) is 0 Å². The maximum atomic E-state index is 13.6. The number of aliphatic hydroxyl groups is 1. The summed E-state index contributed by atoms with van der Waals surface area (Å²) in [6, 6.07) is 10.6. The van der Waals surface area contributed by atoms with Crippen LogP contribution in [-0.4, -0.2) is 5.11 Å². The van der Waals surface area contributed by atoms with Gasteiger partial charge in [-0.2, -0.15) is 0 Å². The highest BCUT2D eigenvalue weighted by atomic mass is 35.5. The maximum Gasteiger partial charge on any atom is 0.126 e. The Labute approximate surface area is 121 Å². The largest absolute Gasteiger partial charge is 0.389 e. The molecule has 0 fully saturated rings. The minimum atomic E-state index is -0.704. The number of hydrogen-bond donors (Lipinski definition) is 1. The van der Waals surface area contributed by atoms with Gasteiger partial charge in [0.15, 0.2) is 0 Å². The van der Waals surface area contributed by atoms with E-state index >= 15 is 0 Å². The Morgan fingerprint density at radius 2 is 1.84 bits per heavy atom. The van der Waals surface area contributed by atoms with Crippen LogP contribution < -0.4 is 0 Å². The first kappa shape index (κ1) is 14.4. The lowest BCUT2D eigenvalue weighted by Gasteiger charge is -2.13. The van der Waals surface area contributed by atoms with Gasteiger partial charge in [0.25, 0.3) is 0 Å². The fourth-order valence-corrected chi connectivity index (χ4v) is 2.95. The molecule has 0 aliphatic heterocycles. The van der Waals surface area contributed by atoms with Crippen molar-refractivity contribution in [1.29, 1.82) is 0 Å². The van der Waals surface area contributed by atoms with Gasteiger partial charge in [-0.05, 0) is 61.4 Å². The lowest BCUT2D eigenvalue weighted by atomic mass is 10.1. The van der Waals surface area contributed by atoms with Crippen LogP contribution >= 0.6 is 23.4 Å². The first-order valence-corrected chi connectivity index (χ1v) is 7.08. The smallest absolute Gasteiger partial charge is 0.126 e. The number of aryl methyl sites for hydroxylation is 1. The first-order valence-electron chi connectivity index (χ1n) is 5.89. The van der Waals surface area contributed by atoms with Crippen LogP contribution in [0.25, 0.3) is 0 Å². The Hall–Kier alpha value is -1.03. The topological polar surface area (TPSA) is 20.2 Å². The SMILES string of the molecule is Cc1cc(Sc2ccc(Cl)cc2)c([C@@H](C)O)cc1F. The number of halogens is 2. The molecule has 0 spiro atoms. The summed E-state index contributed by atoms with van der Waals surface area (Å²) in [6.45, 7) is 3.35. The van der Waals surface area contributed by atoms with Crippen molar-refractivity contribution >= 4 is 23.4 Å². The maximum absolute atomic E-state index is 13.6. The standard InChI is InChI=1S/C15H14ClFOS/c1-9-7-15(13(10(2)18)8-14(9)17)19-12-5-3-11(16)4-6-12/h3-8,10,18H,1-2H3/t10-/m1/s1. The molecule has 1 nitrogen and oxygen atoms in total. The van der Waals surface area contributed by atoms with Crippen LogP contribution in [0, 0.1) is 12.7 Å². The molecule has 0 bridgehead atoms. The van der Waals surface area contributed by atoms with Gasteiger partial charge in [-0.25, -0.2) is 4.39 Å². The minimum Gasteiger partial charge on any atom is -0.389 e. The second kappa shape index (κ2) is 5.95. The molecule has 0 saturated heterocycles. The van der Waals surface area contributed by atoms with Crippen molar-refractivity contribution in [2.75, 3.05) is 0 Å². The van der Waals surface area contributed by atoms with Crippen LogP contribution in [0.3, 0.4) is 0 Å². The van der Waals surface area contributed by atoms with Gasteiger partial charge in [0.2, 0.25) is 0 Å². The van der Waals surface area contributed by atoms with Gasteiger partial charge in [0, 0.05) is 14.8 Å². The Morgan fingerprint density at radius 1 is 1.21 bits per heavy atom. The minimum absolute atomic E-state index is 0.295. The number of aliphatic hydroxyl groups excluding tert-OH is 1. The van der Waals surface area contributed by atoms with Crippen molar-refractivity contribution in [3.8, 4) is 0 Å². The molecule has 1 atom stereocenters. The van der Waals surface area contributed by atoms with E-state index in [1.807, 2.05) is 24.3 Å². The number of rotatable bonds is 3. The van der Waals surface area contributed by atoms with Crippen LogP contribution in [-0.2, 0) is 0 Å². The second-order valence-corrected chi connectivity index (χ2v) is 5.92. The van der Waals surface area contributed by atoms with Gasteiger partial charge in [0.1, 0.15) is 5.82 Å². The lowest BCUT2D eigenvalue weighted by Crippen LogP contribution is -1.97. The van der Waals surface area contributed by atoms with Gasteiger partial charge in [-0.3, -0.25) is 0 Å². The van der Waals surface area contributed by atoms with E-state index in [4.69, 9.17) is 11.6 Å². The molecular formula is C15H14ClFOS. The molecule has 0 amide bonds. The summed E-state index contributed by atoms with van der Waals surface area (Å²) in [5.41, 5.74) is 1.17. The molecule has 2 aromatic rings. The van der Waals surface area contributed by atoms with Crippen molar-refractivity contribution in [3.05, 3.63) is 58.4 Å². The van der Waals surface area contributed by atoms with E-state index in [1.165, 1.54) is 17.8 Å². The average Bonchev–Trinajstić information content (AvgIpc) is 2.36. The van der Waals surface area contributed by atoms with Gasteiger partial charge < -0.3 is 5.11 Å². The molecule has 1 N–H and O–H groups in total. The van der Waals surface area contributed by atoms with Gasteiger partial charge in [-0.15, -0.1) is 0 Å². The molecule has 0 aliphatic carbocycles. The predicted octanol–water partition coefficient (Wildman–Crippen LogP) is 4.99. The zero-order valence-corrected chi connectivity index (χ0v) is 12.2. The van der Waals surface area contributed by atoms with Crippen molar-refractivity contribution in [3.63, 3.8) is 0 Å². The van der Waals surface area contributed by atoms with Gasteiger partial charge in [-0.1, -0.05) is 23.4 Å². The molecule has 0 aromatic heterocycles. The average molecular weight is 297 g/mol. The monoisotopic (exact) mass is 296 g/mol. The molecule has 0 aliphatic rings. The quantitative estimate of drug-likeness (QED) is 0.861. The van der Waals surface area contributed by atoms with Crippen LogP contribution in [0.5, 0.6) is 0 Å². The van der Waals surface area contributed by atoms with Gasteiger partial charge >= 0.3 is 0 Å². The lowest BCUT2D eigenvalue weighted by molar-refractivity contribution is 0.196. The second-order valence-electron chi connectivity index (χ2n) is 4.37. The predicted molar refractivity (Wildman–Crippen MR) is 77.3 cm³/mol. The van der Waals surface area contributed by atoms with Crippen LogP contribution in [0.1, 0.15) is 24.2 Å². The first-order chi connectivity index (χ1) is 8.97.